The Morgan fingerprint density at radius 1 is 1.09 bits per heavy atom. The number of ether oxygens (including phenoxy) is 2. The van der Waals surface area contributed by atoms with Crippen molar-refractivity contribution in [1.82, 2.24) is 15.1 Å². The molecule has 8 heteroatoms. The fraction of sp³-hybridized carbons (Fsp3) is 0.400. The predicted octanol–water partition coefficient (Wildman–Crippen LogP) is 3.05. The lowest BCUT2D eigenvalue weighted by molar-refractivity contribution is -0.140. The molecule has 2 aliphatic heterocycles. The summed E-state index contributed by atoms with van der Waals surface area (Å²) in [6.45, 7) is 6.62. The zero-order valence-electron chi connectivity index (χ0n) is 19.2. The van der Waals surface area contributed by atoms with Crippen molar-refractivity contribution in [3.8, 4) is 11.5 Å². The van der Waals surface area contributed by atoms with Crippen LogP contribution in [0.5, 0.6) is 11.5 Å². The number of fused-ring (bicyclic) bond motifs is 1. The van der Waals surface area contributed by atoms with Crippen LogP contribution in [0, 0.1) is 0 Å². The Balaban J connectivity index is 1.53. The van der Waals surface area contributed by atoms with Gasteiger partial charge in [0.15, 0.2) is 11.5 Å². The van der Waals surface area contributed by atoms with Crippen LogP contribution in [0.25, 0.3) is 0 Å². The molecule has 2 aromatic rings. The number of benzene rings is 2. The Bertz CT molecular complexity index is 1060. The van der Waals surface area contributed by atoms with Gasteiger partial charge in [0.1, 0.15) is 12.1 Å². The van der Waals surface area contributed by atoms with E-state index >= 15 is 0 Å². The number of amides is 4. The number of hydrogen-bond donors (Lipinski definition) is 1. The maximum atomic E-state index is 13.4. The van der Waals surface area contributed by atoms with Gasteiger partial charge in [0.05, 0.1) is 13.2 Å². The van der Waals surface area contributed by atoms with Gasteiger partial charge < -0.3 is 19.7 Å². The summed E-state index contributed by atoms with van der Waals surface area (Å²) in [6, 6.07) is 14.2. The molecule has 1 N–H and O–H groups in total. The fourth-order valence-corrected chi connectivity index (χ4v) is 4.08. The van der Waals surface area contributed by atoms with Crippen molar-refractivity contribution in [3.63, 3.8) is 0 Å². The summed E-state index contributed by atoms with van der Waals surface area (Å²) in [6.07, 6.45) is 0.766. The predicted molar refractivity (Wildman–Crippen MR) is 122 cm³/mol. The third-order valence-electron chi connectivity index (χ3n) is 6.03. The van der Waals surface area contributed by atoms with E-state index in [4.69, 9.17) is 9.47 Å². The highest BCUT2D eigenvalue weighted by Crippen LogP contribution is 2.36. The number of rotatable bonds is 6. The van der Waals surface area contributed by atoms with Crippen LogP contribution in [-0.2, 0) is 21.7 Å². The Kier molecular flexibility index (Phi) is 6.26. The molecule has 1 fully saturated rings. The van der Waals surface area contributed by atoms with Gasteiger partial charge in [-0.2, -0.15) is 0 Å². The van der Waals surface area contributed by atoms with Crippen molar-refractivity contribution in [2.24, 2.45) is 0 Å². The first kappa shape index (κ1) is 22.6. The van der Waals surface area contributed by atoms with Gasteiger partial charge in [-0.3, -0.25) is 14.5 Å². The minimum atomic E-state index is -1.30. The monoisotopic (exact) mass is 451 g/mol. The summed E-state index contributed by atoms with van der Waals surface area (Å²) in [5.74, 6) is 0.382. The number of carbonyl (C=O) groups is 3. The summed E-state index contributed by atoms with van der Waals surface area (Å²) in [5, 5.41) is 2.76. The van der Waals surface area contributed by atoms with E-state index < -0.39 is 17.5 Å². The molecule has 2 aliphatic rings. The minimum absolute atomic E-state index is 0.0911. The largest absolute Gasteiger partial charge is 0.490 e. The van der Waals surface area contributed by atoms with Crippen molar-refractivity contribution < 1.29 is 23.9 Å². The molecule has 2 heterocycles. The van der Waals surface area contributed by atoms with E-state index in [9.17, 15) is 14.4 Å². The molecular weight excluding hydrogens is 422 g/mol. The molecule has 1 unspecified atom stereocenters. The molecule has 0 radical (unpaired) electrons. The third-order valence-corrected chi connectivity index (χ3v) is 6.03. The first-order chi connectivity index (χ1) is 15.8. The molecule has 0 bridgehead atoms. The van der Waals surface area contributed by atoms with Crippen LogP contribution in [0.15, 0.2) is 48.5 Å². The lowest BCUT2D eigenvalue weighted by atomic mass is 9.91. The molecule has 4 rings (SSSR count). The first-order valence-electron chi connectivity index (χ1n) is 11.2. The Morgan fingerprint density at radius 2 is 1.79 bits per heavy atom. The quantitative estimate of drug-likeness (QED) is 0.682. The van der Waals surface area contributed by atoms with Crippen LogP contribution in [0.3, 0.4) is 0 Å². The van der Waals surface area contributed by atoms with E-state index in [1.54, 1.807) is 30.0 Å². The van der Waals surface area contributed by atoms with Crippen molar-refractivity contribution >= 4 is 17.8 Å². The molecule has 33 heavy (non-hydrogen) atoms. The summed E-state index contributed by atoms with van der Waals surface area (Å²) in [7, 11) is 0. The van der Waals surface area contributed by atoms with E-state index in [1.807, 2.05) is 44.2 Å². The standard InChI is InChI=1S/C25H29N3O5/c1-17(2)27(15-18-8-5-4-6-9-18)22(29)16-28-23(30)25(3,26-24(28)31)19-10-11-20-21(14-19)33-13-7-12-32-20/h4-6,8-11,14,17H,7,12-13,15-16H2,1-3H3,(H,26,31). The van der Waals surface area contributed by atoms with Gasteiger partial charge in [-0.05, 0) is 44.0 Å². The van der Waals surface area contributed by atoms with E-state index in [2.05, 4.69) is 5.32 Å². The molecule has 2 aromatic carbocycles. The van der Waals surface area contributed by atoms with E-state index in [0.717, 1.165) is 16.9 Å². The number of urea groups is 1. The van der Waals surface area contributed by atoms with Gasteiger partial charge in [-0.1, -0.05) is 36.4 Å². The van der Waals surface area contributed by atoms with Crippen LogP contribution < -0.4 is 14.8 Å². The first-order valence-corrected chi connectivity index (χ1v) is 11.2. The molecule has 0 spiro atoms. The van der Waals surface area contributed by atoms with E-state index in [1.165, 1.54) is 0 Å². The summed E-state index contributed by atoms with van der Waals surface area (Å²) in [4.78, 5) is 41.9. The van der Waals surface area contributed by atoms with E-state index in [-0.39, 0.29) is 18.5 Å². The van der Waals surface area contributed by atoms with Crippen LogP contribution in [0.4, 0.5) is 4.79 Å². The number of nitrogens with zero attached hydrogens (tertiary/aromatic N) is 2. The average Bonchev–Trinajstić information content (AvgIpc) is 2.95. The summed E-state index contributed by atoms with van der Waals surface area (Å²) < 4.78 is 11.4. The molecule has 0 saturated carbocycles. The maximum Gasteiger partial charge on any atom is 0.325 e. The van der Waals surface area contributed by atoms with Crippen molar-refractivity contribution in [2.75, 3.05) is 19.8 Å². The Morgan fingerprint density at radius 3 is 2.48 bits per heavy atom. The molecule has 0 aliphatic carbocycles. The number of carbonyl (C=O) groups excluding carboxylic acids is 3. The maximum absolute atomic E-state index is 13.4. The molecule has 1 saturated heterocycles. The fourth-order valence-electron chi connectivity index (χ4n) is 4.08. The molecular formula is C25H29N3O5. The Labute approximate surface area is 193 Å². The zero-order chi connectivity index (χ0) is 23.6. The highest BCUT2D eigenvalue weighted by Gasteiger charge is 2.50. The van der Waals surface area contributed by atoms with Gasteiger partial charge in [0.2, 0.25) is 5.91 Å². The van der Waals surface area contributed by atoms with Gasteiger partial charge >= 0.3 is 6.03 Å². The van der Waals surface area contributed by atoms with Crippen molar-refractivity contribution in [3.05, 3.63) is 59.7 Å². The zero-order valence-corrected chi connectivity index (χ0v) is 19.2. The van der Waals surface area contributed by atoms with Crippen LogP contribution in [-0.4, -0.2) is 53.4 Å². The number of hydrogen-bond acceptors (Lipinski definition) is 5. The van der Waals surface area contributed by atoms with Gasteiger partial charge in [0, 0.05) is 19.0 Å². The SMILES string of the molecule is CC(C)N(Cc1ccccc1)C(=O)CN1C(=O)NC(C)(c2ccc3c(c2)OCCCO3)C1=O. The molecule has 174 valence electrons. The van der Waals surface area contributed by atoms with Gasteiger partial charge in [-0.25, -0.2) is 4.79 Å². The Hall–Kier alpha value is -3.55. The second-order valence-electron chi connectivity index (χ2n) is 8.76. The van der Waals surface area contributed by atoms with Crippen molar-refractivity contribution in [2.45, 2.75) is 45.3 Å². The highest BCUT2D eigenvalue weighted by molar-refractivity contribution is 6.09. The molecule has 8 nitrogen and oxygen atoms in total. The second kappa shape index (κ2) is 9.13. The van der Waals surface area contributed by atoms with Gasteiger partial charge in [-0.15, -0.1) is 0 Å². The summed E-state index contributed by atoms with van der Waals surface area (Å²) in [5.41, 5.74) is 0.253. The number of imide groups is 1. The van der Waals surface area contributed by atoms with Gasteiger partial charge in [0.25, 0.3) is 5.91 Å². The highest BCUT2D eigenvalue weighted by atomic mass is 16.5. The second-order valence-corrected chi connectivity index (χ2v) is 8.76. The van der Waals surface area contributed by atoms with Crippen LogP contribution in [0.1, 0.15) is 38.3 Å². The minimum Gasteiger partial charge on any atom is -0.490 e. The van der Waals surface area contributed by atoms with Crippen LogP contribution in [0.2, 0.25) is 0 Å². The summed E-state index contributed by atoms with van der Waals surface area (Å²) >= 11 is 0. The topological polar surface area (TPSA) is 88.2 Å². The van der Waals surface area contributed by atoms with Crippen LogP contribution >= 0.6 is 0 Å². The molecule has 4 amide bonds. The normalized spacial score (nSPS) is 19.9. The molecule has 0 aromatic heterocycles. The van der Waals surface area contributed by atoms with E-state index in [0.29, 0.717) is 36.8 Å². The van der Waals surface area contributed by atoms with Crippen molar-refractivity contribution in [1.29, 1.82) is 0 Å². The average molecular weight is 452 g/mol. The lowest BCUT2D eigenvalue weighted by Gasteiger charge is -2.28. The number of nitrogens with one attached hydrogen (secondary N) is 1. The smallest absolute Gasteiger partial charge is 0.325 e. The third kappa shape index (κ3) is 4.51. The molecule has 1 atom stereocenters. The lowest BCUT2D eigenvalue weighted by Crippen LogP contribution is -2.46.